The van der Waals surface area contributed by atoms with Gasteiger partial charge in [0.25, 0.3) is 0 Å². The van der Waals surface area contributed by atoms with Crippen LogP contribution in [-0.2, 0) is 4.79 Å². The van der Waals surface area contributed by atoms with Gasteiger partial charge in [-0.25, -0.2) is 0 Å². The van der Waals surface area contributed by atoms with Gasteiger partial charge in [0, 0.05) is 30.5 Å². The molecule has 148 valence electrons. The highest BCUT2D eigenvalue weighted by Crippen LogP contribution is 2.32. The first-order valence-corrected chi connectivity index (χ1v) is 10.3. The summed E-state index contributed by atoms with van der Waals surface area (Å²) in [5.74, 6) is 0.915. The van der Waals surface area contributed by atoms with Crippen molar-refractivity contribution in [3.8, 4) is 5.75 Å². The molecule has 2 aliphatic rings. The van der Waals surface area contributed by atoms with E-state index in [1.54, 1.807) is 7.11 Å². The summed E-state index contributed by atoms with van der Waals surface area (Å²) >= 11 is 0. The first kappa shape index (κ1) is 18.8. The minimum atomic E-state index is 0.0503. The van der Waals surface area contributed by atoms with Gasteiger partial charge in [0.15, 0.2) is 0 Å². The number of ether oxygens (including phenoxy) is 1. The average molecular weight is 380 g/mol. The van der Waals surface area contributed by atoms with Crippen molar-refractivity contribution < 1.29 is 9.53 Å². The topological polar surface area (TPSA) is 44.8 Å². The maximum atomic E-state index is 12.6. The molecule has 0 spiro atoms. The van der Waals surface area contributed by atoms with Gasteiger partial charge in [-0.15, -0.1) is 0 Å². The zero-order chi connectivity index (χ0) is 19.3. The van der Waals surface area contributed by atoms with Crippen LogP contribution >= 0.6 is 0 Å². The van der Waals surface area contributed by atoms with Crippen molar-refractivity contribution in [3.05, 3.63) is 54.1 Å². The molecular formula is C23H29N3O2. The van der Waals surface area contributed by atoms with Crippen molar-refractivity contribution in [3.63, 3.8) is 0 Å². The van der Waals surface area contributed by atoms with Gasteiger partial charge in [-0.2, -0.15) is 0 Å². The predicted octanol–water partition coefficient (Wildman–Crippen LogP) is 4.07. The molecule has 2 aromatic carbocycles. The third-order valence-electron chi connectivity index (χ3n) is 5.83. The summed E-state index contributed by atoms with van der Waals surface area (Å²) in [4.78, 5) is 17.3. The number of nitrogens with zero attached hydrogens (tertiary/aromatic N) is 2. The van der Waals surface area contributed by atoms with E-state index in [-0.39, 0.29) is 5.91 Å². The fourth-order valence-electron chi connectivity index (χ4n) is 4.33. The molecule has 2 fully saturated rings. The molecule has 4 rings (SSSR count). The van der Waals surface area contributed by atoms with Crippen molar-refractivity contribution >= 4 is 17.3 Å². The van der Waals surface area contributed by atoms with E-state index in [1.165, 1.54) is 24.1 Å². The SMILES string of the molecule is COc1ccc([C@H]2CCCN2CC(=O)Nc2ccc(N3CCCC3)cc2)cc1. The molecule has 5 heteroatoms. The van der Waals surface area contributed by atoms with Crippen molar-refractivity contribution in [2.75, 3.05) is 43.5 Å². The van der Waals surface area contributed by atoms with Crippen molar-refractivity contribution in [1.82, 2.24) is 4.90 Å². The van der Waals surface area contributed by atoms with Crippen LogP contribution < -0.4 is 15.0 Å². The number of anilines is 2. The van der Waals surface area contributed by atoms with Crippen molar-refractivity contribution in [1.29, 1.82) is 0 Å². The molecule has 5 nitrogen and oxygen atoms in total. The van der Waals surface area contributed by atoms with Gasteiger partial charge < -0.3 is 15.0 Å². The molecule has 2 heterocycles. The van der Waals surface area contributed by atoms with Crippen molar-refractivity contribution in [2.24, 2.45) is 0 Å². The summed E-state index contributed by atoms with van der Waals surface area (Å²) in [5.41, 5.74) is 3.36. The van der Waals surface area contributed by atoms with E-state index >= 15 is 0 Å². The van der Waals surface area contributed by atoms with E-state index in [0.29, 0.717) is 12.6 Å². The zero-order valence-electron chi connectivity index (χ0n) is 16.6. The van der Waals surface area contributed by atoms with Gasteiger partial charge in [-0.3, -0.25) is 9.69 Å². The zero-order valence-corrected chi connectivity index (χ0v) is 16.6. The number of likely N-dealkylation sites (tertiary alicyclic amines) is 1. The Morgan fingerprint density at radius 3 is 2.39 bits per heavy atom. The molecule has 2 saturated heterocycles. The fourth-order valence-corrected chi connectivity index (χ4v) is 4.33. The fraction of sp³-hybridized carbons (Fsp3) is 0.435. The number of hydrogen-bond donors (Lipinski definition) is 1. The van der Waals surface area contributed by atoms with Crippen LogP contribution in [0.1, 0.15) is 37.3 Å². The standard InChI is InChI=1S/C23H29N3O2/c1-28-21-12-6-18(7-13-21)22-5-4-16-26(22)17-23(27)24-19-8-10-20(11-9-19)25-14-2-3-15-25/h6-13,22H,2-5,14-17H2,1H3,(H,24,27)/t22-/m1/s1. The van der Waals surface area contributed by atoms with Crippen LogP contribution in [0.4, 0.5) is 11.4 Å². The highest BCUT2D eigenvalue weighted by Gasteiger charge is 2.27. The lowest BCUT2D eigenvalue weighted by atomic mass is 10.0. The monoisotopic (exact) mass is 379 g/mol. The van der Waals surface area contributed by atoms with E-state index < -0.39 is 0 Å². The second-order valence-corrected chi connectivity index (χ2v) is 7.69. The lowest BCUT2D eigenvalue weighted by Gasteiger charge is -2.24. The van der Waals surface area contributed by atoms with Crippen LogP contribution in [0, 0.1) is 0 Å². The van der Waals surface area contributed by atoms with E-state index in [2.05, 4.69) is 39.4 Å². The number of amides is 1. The third kappa shape index (κ3) is 4.30. The summed E-state index contributed by atoms with van der Waals surface area (Å²) in [6, 6.07) is 16.7. The molecule has 2 aromatic rings. The largest absolute Gasteiger partial charge is 0.497 e. The van der Waals surface area contributed by atoms with Gasteiger partial charge in [0.1, 0.15) is 5.75 Å². The third-order valence-corrected chi connectivity index (χ3v) is 5.83. The lowest BCUT2D eigenvalue weighted by molar-refractivity contribution is -0.117. The summed E-state index contributed by atoms with van der Waals surface area (Å²) < 4.78 is 5.25. The van der Waals surface area contributed by atoms with Gasteiger partial charge >= 0.3 is 0 Å². The normalized spacial score (nSPS) is 19.8. The second-order valence-electron chi connectivity index (χ2n) is 7.69. The number of methoxy groups -OCH3 is 1. The van der Waals surface area contributed by atoms with Crippen LogP contribution in [0.3, 0.4) is 0 Å². The lowest BCUT2D eigenvalue weighted by Crippen LogP contribution is -2.32. The van der Waals surface area contributed by atoms with Crippen LogP contribution in [0.25, 0.3) is 0 Å². The number of benzene rings is 2. The molecule has 0 bridgehead atoms. The Labute approximate surface area is 167 Å². The number of rotatable bonds is 6. The minimum absolute atomic E-state index is 0.0503. The van der Waals surface area contributed by atoms with Gasteiger partial charge in [0.2, 0.25) is 5.91 Å². The van der Waals surface area contributed by atoms with E-state index in [9.17, 15) is 4.79 Å². The first-order chi connectivity index (χ1) is 13.7. The van der Waals surface area contributed by atoms with Gasteiger partial charge in [-0.1, -0.05) is 12.1 Å². The Balaban J connectivity index is 1.34. The van der Waals surface area contributed by atoms with E-state index in [4.69, 9.17) is 4.74 Å². The highest BCUT2D eigenvalue weighted by atomic mass is 16.5. The predicted molar refractivity (Wildman–Crippen MR) is 113 cm³/mol. The van der Waals surface area contributed by atoms with E-state index in [0.717, 1.165) is 43.9 Å². The van der Waals surface area contributed by atoms with Gasteiger partial charge in [0.05, 0.1) is 13.7 Å². The molecule has 0 saturated carbocycles. The Morgan fingerprint density at radius 2 is 1.71 bits per heavy atom. The molecule has 0 aromatic heterocycles. The molecule has 28 heavy (non-hydrogen) atoms. The highest BCUT2D eigenvalue weighted by molar-refractivity contribution is 5.92. The Morgan fingerprint density at radius 1 is 1.00 bits per heavy atom. The van der Waals surface area contributed by atoms with Crippen LogP contribution in [0.2, 0.25) is 0 Å². The summed E-state index contributed by atoms with van der Waals surface area (Å²) in [7, 11) is 1.68. The number of nitrogens with one attached hydrogen (secondary N) is 1. The summed E-state index contributed by atoms with van der Waals surface area (Å²) in [6.07, 6.45) is 4.74. The molecule has 1 atom stereocenters. The molecule has 2 aliphatic heterocycles. The second kappa shape index (κ2) is 8.65. The first-order valence-electron chi connectivity index (χ1n) is 10.3. The molecular weight excluding hydrogens is 350 g/mol. The smallest absolute Gasteiger partial charge is 0.238 e. The maximum absolute atomic E-state index is 12.6. The Bertz CT molecular complexity index is 782. The van der Waals surface area contributed by atoms with Crippen molar-refractivity contribution in [2.45, 2.75) is 31.7 Å². The average Bonchev–Trinajstić information content (AvgIpc) is 3.41. The number of hydrogen-bond acceptors (Lipinski definition) is 4. The molecule has 0 radical (unpaired) electrons. The summed E-state index contributed by atoms with van der Waals surface area (Å²) in [6.45, 7) is 3.64. The summed E-state index contributed by atoms with van der Waals surface area (Å²) in [5, 5.41) is 3.06. The number of carbonyl (C=O) groups excluding carboxylic acids is 1. The minimum Gasteiger partial charge on any atom is -0.497 e. The Hall–Kier alpha value is -2.53. The molecule has 1 amide bonds. The molecule has 0 aliphatic carbocycles. The maximum Gasteiger partial charge on any atom is 0.238 e. The van der Waals surface area contributed by atoms with Crippen LogP contribution in [0.5, 0.6) is 5.75 Å². The molecule has 0 unspecified atom stereocenters. The van der Waals surface area contributed by atoms with Gasteiger partial charge in [-0.05, 0) is 74.2 Å². The van der Waals surface area contributed by atoms with Crippen LogP contribution in [-0.4, -0.2) is 44.1 Å². The quantitative estimate of drug-likeness (QED) is 0.822. The Kier molecular flexibility index (Phi) is 5.81. The molecule has 1 N–H and O–H groups in total. The van der Waals surface area contributed by atoms with Crippen LogP contribution in [0.15, 0.2) is 48.5 Å². The van der Waals surface area contributed by atoms with E-state index in [1.807, 2.05) is 24.3 Å². The number of carbonyl (C=O) groups is 1.